The zero-order valence-corrected chi connectivity index (χ0v) is 12.7. The van der Waals surface area contributed by atoms with Gasteiger partial charge in [0.15, 0.2) is 10.1 Å². The first-order chi connectivity index (χ1) is 10.1. The fraction of sp³-hybridized carbons (Fsp3) is 0.250. The fourth-order valence-electron chi connectivity index (χ4n) is 1.49. The summed E-state index contributed by atoms with van der Waals surface area (Å²) in [6.45, 7) is 2.10. The van der Waals surface area contributed by atoms with E-state index in [1.165, 1.54) is 35.6 Å². The molecule has 1 heterocycles. The number of benzene rings is 1. The van der Waals surface area contributed by atoms with Crippen molar-refractivity contribution in [3.05, 3.63) is 39.9 Å². The van der Waals surface area contributed by atoms with E-state index in [-0.39, 0.29) is 18.0 Å². The highest BCUT2D eigenvalue weighted by Crippen LogP contribution is 2.24. The zero-order valence-electron chi connectivity index (χ0n) is 11.1. The largest absolute Gasteiger partial charge is 0.353 e. The van der Waals surface area contributed by atoms with Crippen molar-refractivity contribution in [2.45, 2.75) is 11.3 Å². The molecule has 21 heavy (non-hydrogen) atoms. The molecule has 0 fully saturated rings. The van der Waals surface area contributed by atoms with Gasteiger partial charge < -0.3 is 5.32 Å². The van der Waals surface area contributed by atoms with Gasteiger partial charge in [0, 0.05) is 17.7 Å². The van der Waals surface area contributed by atoms with Crippen LogP contribution in [-0.4, -0.2) is 33.2 Å². The second kappa shape index (κ2) is 7.14. The molecule has 0 bridgehead atoms. The standard InChI is InChI=1S/C12H12N4O3S2/c1-2-20-12-15-14-11(21-12)13-7-10(17)8-3-5-9(6-4-8)16(18)19/h3-6H,2,7H2,1H3,(H,13,14). The molecule has 2 rings (SSSR count). The lowest BCUT2D eigenvalue weighted by Gasteiger charge is -2.01. The van der Waals surface area contributed by atoms with Crippen LogP contribution in [0.2, 0.25) is 0 Å². The maximum absolute atomic E-state index is 12.0. The number of ketones is 1. The number of hydrogen-bond donors (Lipinski definition) is 1. The van der Waals surface area contributed by atoms with E-state index in [9.17, 15) is 14.9 Å². The van der Waals surface area contributed by atoms with E-state index in [0.29, 0.717) is 10.7 Å². The van der Waals surface area contributed by atoms with Crippen molar-refractivity contribution in [2.24, 2.45) is 0 Å². The molecule has 1 N–H and O–H groups in total. The number of nitro groups is 1. The van der Waals surface area contributed by atoms with Crippen molar-refractivity contribution >= 4 is 39.7 Å². The number of nitro benzene ring substituents is 1. The van der Waals surface area contributed by atoms with Crippen LogP contribution < -0.4 is 5.32 Å². The van der Waals surface area contributed by atoms with Crippen LogP contribution in [0.4, 0.5) is 10.8 Å². The number of rotatable bonds is 7. The van der Waals surface area contributed by atoms with E-state index in [1.807, 2.05) is 6.92 Å². The SMILES string of the molecule is CCSc1nnc(NCC(=O)c2ccc([N+](=O)[O-])cc2)s1. The summed E-state index contributed by atoms with van der Waals surface area (Å²) in [5.74, 6) is 0.751. The predicted molar refractivity (Wildman–Crippen MR) is 82.2 cm³/mol. The highest BCUT2D eigenvalue weighted by Gasteiger charge is 2.10. The minimum atomic E-state index is -0.499. The summed E-state index contributed by atoms with van der Waals surface area (Å²) in [5, 5.41) is 21.9. The van der Waals surface area contributed by atoms with Crippen LogP contribution in [-0.2, 0) is 0 Å². The minimum Gasteiger partial charge on any atom is -0.353 e. The van der Waals surface area contributed by atoms with E-state index in [2.05, 4.69) is 15.5 Å². The number of anilines is 1. The molecule has 0 spiro atoms. The molecule has 1 aromatic carbocycles. The maximum atomic E-state index is 12.0. The summed E-state index contributed by atoms with van der Waals surface area (Å²) in [4.78, 5) is 22.0. The molecule has 2 aromatic rings. The predicted octanol–water partition coefficient (Wildman–Crippen LogP) is 2.85. The van der Waals surface area contributed by atoms with E-state index >= 15 is 0 Å². The molecule has 0 saturated heterocycles. The third-order valence-corrected chi connectivity index (χ3v) is 4.37. The van der Waals surface area contributed by atoms with Gasteiger partial charge in [0.05, 0.1) is 11.5 Å². The van der Waals surface area contributed by atoms with Gasteiger partial charge in [-0.2, -0.15) is 0 Å². The van der Waals surface area contributed by atoms with E-state index in [4.69, 9.17) is 0 Å². The molecule has 7 nitrogen and oxygen atoms in total. The van der Waals surface area contributed by atoms with Crippen molar-refractivity contribution in [3.63, 3.8) is 0 Å². The number of thioether (sulfide) groups is 1. The number of nitrogens with one attached hydrogen (secondary N) is 1. The van der Waals surface area contributed by atoms with Gasteiger partial charge in [-0.3, -0.25) is 14.9 Å². The van der Waals surface area contributed by atoms with Gasteiger partial charge in [-0.05, 0) is 17.9 Å². The lowest BCUT2D eigenvalue weighted by Crippen LogP contribution is -2.13. The number of Topliss-reactive ketones (excluding diaryl/α,β-unsaturated/α-hetero) is 1. The Morgan fingerprint density at radius 2 is 2.10 bits per heavy atom. The molecule has 0 aliphatic heterocycles. The lowest BCUT2D eigenvalue weighted by molar-refractivity contribution is -0.384. The Labute approximate surface area is 128 Å². The number of hydrogen-bond acceptors (Lipinski definition) is 8. The summed E-state index contributed by atoms with van der Waals surface area (Å²) in [6, 6.07) is 5.52. The highest BCUT2D eigenvalue weighted by molar-refractivity contribution is 8.01. The van der Waals surface area contributed by atoms with Gasteiger partial charge in [-0.15, -0.1) is 10.2 Å². The average Bonchev–Trinajstić information content (AvgIpc) is 2.93. The zero-order chi connectivity index (χ0) is 15.2. The third-order valence-electron chi connectivity index (χ3n) is 2.47. The van der Waals surface area contributed by atoms with Gasteiger partial charge >= 0.3 is 0 Å². The second-order valence-corrected chi connectivity index (χ2v) is 6.38. The number of carbonyl (C=O) groups excluding carboxylic acids is 1. The molecule has 0 amide bonds. The topological polar surface area (TPSA) is 98.0 Å². The van der Waals surface area contributed by atoms with Crippen molar-refractivity contribution < 1.29 is 9.72 Å². The number of aromatic nitrogens is 2. The maximum Gasteiger partial charge on any atom is 0.269 e. The molecule has 0 radical (unpaired) electrons. The highest BCUT2D eigenvalue weighted by atomic mass is 32.2. The van der Waals surface area contributed by atoms with Gasteiger partial charge in [0.2, 0.25) is 5.13 Å². The molecule has 0 aliphatic rings. The Hall–Kier alpha value is -2.00. The van der Waals surface area contributed by atoms with E-state index < -0.39 is 4.92 Å². The molecule has 0 unspecified atom stereocenters. The summed E-state index contributed by atoms with van der Waals surface area (Å²) in [7, 11) is 0. The Balaban J connectivity index is 1.92. The van der Waals surface area contributed by atoms with Gasteiger partial charge in [-0.25, -0.2) is 0 Å². The monoisotopic (exact) mass is 324 g/mol. The van der Waals surface area contributed by atoms with Crippen LogP contribution in [0.1, 0.15) is 17.3 Å². The average molecular weight is 324 g/mol. The van der Waals surface area contributed by atoms with Gasteiger partial charge in [-0.1, -0.05) is 30.0 Å². The van der Waals surface area contributed by atoms with Gasteiger partial charge in [0.1, 0.15) is 0 Å². The third kappa shape index (κ3) is 4.23. The molecular weight excluding hydrogens is 312 g/mol. The van der Waals surface area contributed by atoms with Crippen LogP contribution in [0.3, 0.4) is 0 Å². The number of nitrogens with zero attached hydrogens (tertiary/aromatic N) is 3. The molecule has 0 atom stereocenters. The molecule has 110 valence electrons. The van der Waals surface area contributed by atoms with Crippen LogP contribution in [0.5, 0.6) is 0 Å². The molecular formula is C12H12N4O3S2. The summed E-state index contributed by atoms with van der Waals surface area (Å²) < 4.78 is 0.850. The van der Waals surface area contributed by atoms with Crippen LogP contribution in [0.25, 0.3) is 0 Å². The summed E-state index contributed by atoms with van der Waals surface area (Å²) in [6.07, 6.45) is 0. The molecule has 9 heteroatoms. The van der Waals surface area contributed by atoms with Crippen molar-refractivity contribution in [2.75, 3.05) is 17.6 Å². The van der Waals surface area contributed by atoms with E-state index in [0.717, 1.165) is 10.1 Å². The van der Waals surface area contributed by atoms with Crippen molar-refractivity contribution in [3.8, 4) is 0 Å². The Morgan fingerprint density at radius 3 is 2.71 bits per heavy atom. The Kier molecular flexibility index (Phi) is 5.23. The second-order valence-electron chi connectivity index (χ2n) is 3.89. The van der Waals surface area contributed by atoms with Crippen LogP contribution >= 0.6 is 23.1 Å². The number of carbonyl (C=O) groups is 1. The van der Waals surface area contributed by atoms with Crippen molar-refractivity contribution in [1.82, 2.24) is 10.2 Å². The van der Waals surface area contributed by atoms with Crippen LogP contribution in [0.15, 0.2) is 28.6 Å². The van der Waals surface area contributed by atoms with Gasteiger partial charge in [0.25, 0.3) is 5.69 Å². The Bertz CT molecular complexity index is 642. The summed E-state index contributed by atoms with van der Waals surface area (Å²) >= 11 is 2.98. The van der Waals surface area contributed by atoms with E-state index in [1.54, 1.807) is 11.8 Å². The smallest absolute Gasteiger partial charge is 0.269 e. The van der Waals surface area contributed by atoms with Crippen LogP contribution in [0, 0.1) is 10.1 Å². The first kappa shape index (κ1) is 15.4. The quantitative estimate of drug-likeness (QED) is 0.362. The lowest BCUT2D eigenvalue weighted by atomic mass is 10.1. The first-order valence-electron chi connectivity index (χ1n) is 6.08. The fourth-order valence-corrected chi connectivity index (χ4v) is 3.13. The normalized spacial score (nSPS) is 10.3. The van der Waals surface area contributed by atoms with Crippen molar-refractivity contribution in [1.29, 1.82) is 0 Å². The summed E-state index contributed by atoms with van der Waals surface area (Å²) in [5.41, 5.74) is 0.380. The number of non-ortho nitro benzene ring substituents is 1. The molecule has 1 aromatic heterocycles. The minimum absolute atomic E-state index is 0.0372. The molecule has 0 aliphatic carbocycles. The first-order valence-corrected chi connectivity index (χ1v) is 7.88. The Morgan fingerprint density at radius 1 is 1.38 bits per heavy atom. The molecule has 0 saturated carbocycles.